The molecule has 1 saturated heterocycles. The number of nitrogens with one attached hydrogen (secondary N) is 2. The molecule has 1 fully saturated rings. The smallest absolute Gasteiger partial charge is 0.273 e. The molecule has 1 amide bonds. The predicted molar refractivity (Wildman–Crippen MR) is 104 cm³/mol. The molecule has 2 aromatic heterocycles. The fourth-order valence-electron chi connectivity index (χ4n) is 3.18. The Labute approximate surface area is 159 Å². The van der Waals surface area contributed by atoms with Crippen molar-refractivity contribution in [2.45, 2.75) is 6.92 Å². The maximum Gasteiger partial charge on any atom is 0.273 e. The molecule has 27 heavy (non-hydrogen) atoms. The normalized spacial score (nSPS) is 15.3. The van der Waals surface area contributed by atoms with E-state index < -0.39 is 5.82 Å². The van der Waals surface area contributed by atoms with Gasteiger partial charge in [-0.25, -0.2) is 4.39 Å². The lowest BCUT2D eigenvalue weighted by molar-refractivity contribution is -0.115. The van der Waals surface area contributed by atoms with Crippen LogP contribution in [-0.4, -0.2) is 21.2 Å². The Morgan fingerprint density at radius 1 is 1.15 bits per heavy atom. The SMILES string of the molecule is Cc1c(C=C2NC(=S)NC2=O)c2ccccn2c1C(=O)c1ccc(F)cc1. The van der Waals surface area contributed by atoms with Crippen LogP contribution in [0.4, 0.5) is 4.39 Å². The molecule has 0 unspecified atom stereocenters. The molecular formula is C20H14FN3O2S. The van der Waals surface area contributed by atoms with E-state index in [-0.39, 0.29) is 16.8 Å². The van der Waals surface area contributed by atoms with Crippen LogP contribution >= 0.6 is 12.2 Å². The second-order valence-electron chi connectivity index (χ2n) is 6.15. The average molecular weight is 379 g/mol. The zero-order chi connectivity index (χ0) is 19.1. The fourth-order valence-corrected chi connectivity index (χ4v) is 3.39. The molecular weight excluding hydrogens is 365 g/mol. The van der Waals surface area contributed by atoms with Crippen LogP contribution in [-0.2, 0) is 4.79 Å². The summed E-state index contributed by atoms with van der Waals surface area (Å²) in [5.41, 5.74) is 3.41. The molecule has 4 rings (SSSR count). The lowest BCUT2D eigenvalue weighted by Gasteiger charge is -2.04. The van der Waals surface area contributed by atoms with Crippen molar-refractivity contribution in [3.05, 3.63) is 82.6 Å². The van der Waals surface area contributed by atoms with Crippen LogP contribution in [0.2, 0.25) is 0 Å². The number of carbonyl (C=O) groups is 2. The van der Waals surface area contributed by atoms with Crippen LogP contribution in [0.15, 0.2) is 54.4 Å². The molecule has 3 heterocycles. The molecule has 0 saturated carbocycles. The maximum atomic E-state index is 13.2. The molecule has 1 aliphatic rings. The van der Waals surface area contributed by atoms with E-state index >= 15 is 0 Å². The summed E-state index contributed by atoms with van der Waals surface area (Å²) in [6, 6.07) is 11.0. The first-order valence-electron chi connectivity index (χ1n) is 8.19. The summed E-state index contributed by atoms with van der Waals surface area (Å²) >= 11 is 4.97. The third kappa shape index (κ3) is 2.92. The van der Waals surface area contributed by atoms with E-state index in [1.807, 2.05) is 25.1 Å². The van der Waals surface area contributed by atoms with Crippen LogP contribution in [0.1, 0.15) is 27.2 Å². The first-order chi connectivity index (χ1) is 13.0. The van der Waals surface area contributed by atoms with Crippen LogP contribution in [0.25, 0.3) is 11.6 Å². The Bertz CT molecular complexity index is 1150. The first-order valence-corrected chi connectivity index (χ1v) is 8.60. The standard InChI is InChI=1S/C20H14FN3O2S/c1-11-14(10-15-19(26)23-20(27)22-15)16-4-2-3-9-24(16)17(11)18(25)12-5-7-13(21)8-6-12/h2-10H,1H3,(H2,22,23,26,27). The zero-order valence-electron chi connectivity index (χ0n) is 14.2. The minimum Gasteiger partial charge on any atom is -0.328 e. The third-order valence-electron chi connectivity index (χ3n) is 4.47. The number of nitrogens with zero attached hydrogens (tertiary/aromatic N) is 1. The number of rotatable bonds is 3. The molecule has 0 radical (unpaired) electrons. The Morgan fingerprint density at radius 3 is 2.56 bits per heavy atom. The van der Waals surface area contributed by atoms with Gasteiger partial charge in [0, 0.05) is 17.3 Å². The number of hydrogen-bond donors (Lipinski definition) is 2. The van der Waals surface area contributed by atoms with Gasteiger partial charge in [-0.15, -0.1) is 0 Å². The second kappa shape index (κ2) is 6.44. The summed E-state index contributed by atoms with van der Waals surface area (Å²) in [4.78, 5) is 25.1. The van der Waals surface area contributed by atoms with Crippen LogP contribution < -0.4 is 10.6 Å². The number of carbonyl (C=O) groups excluding carboxylic acids is 2. The zero-order valence-corrected chi connectivity index (χ0v) is 15.1. The van der Waals surface area contributed by atoms with Gasteiger partial charge in [0.25, 0.3) is 5.91 Å². The molecule has 134 valence electrons. The number of benzene rings is 1. The molecule has 1 aromatic carbocycles. The Hall–Kier alpha value is -3.32. The lowest BCUT2D eigenvalue weighted by atomic mass is 10.0. The second-order valence-corrected chi connectivity index (χ2v) is 6.55. The van der Waals surface area contributed by atoms with Crippen molar-refractivity contribution in [3.63, 3.8) is 0 Å². The minimum atomic E-state index is -0.400. The predicted octanol–water partition coefficient (Wildman–Crippen LogP) is 2.96. The van der Waals surface area contributed by atoms with E-state index in [1.165, 1.54) is 24.3 Å². The topological polar surface area (TPSA) is 62.6 Å². The molecule has 1 aliphatic heterocycles. The van der Waals surface area contributed by atoms with E-state index in [2.05, 4.69) is 10.6 Å². The average Bonchev–Trinajstić information content (AvgIpc) is 3.11. The van der Waals surface area contributed by atoms with Gasteiger partial charge in [-0.2, -0.15) is 0 Å². The van der Waals surface area contributed by atoms with Gasteiger partial charge >= 0.3 is 0 Å². The van der Waals surface area contributed by atoms with Gasteiger partial charge < -0.3 is 9.72 Å². The van der Waals surface area contributed by atoms with Crippen molar-refractivity contribution in [1.82, 2.24) is 15.0 Å². The molecule has 0 aliphatic carbocycles. The van der Waals surface area contributed by atoms with Crippen molar-refractivity contribution in [2.75, 3.05) is 0 Å². The lowest BCUT2D eigenvalue weighted by Crippen LogP contribution is -2.21. The van der Waals surface area contributed by atoms with Gasteiger partial charge in [-0.1, -0.05) is 6.07 Å². The largest absolute Gasteiger partial charge is 0.328 e. The molecule has 0 spiro atoms. The molecule has 0 bridgehead atoms. The van der Waals surface area contributed by atoms with Gasteiger partial charge in [-0.05, 0) is 67.2 Å². The number of ketones is 1. The van der Waals surface area contributed by atoms with Crippen molar-refractivity contribution < 1.29 is 14.0 Å². The summed E-state index contributed by atoms with van der Waals surface area (Å²) in [7, 11) is 0. The molecule has 0 atom stereocenters. The number of thiocarbonyl (C=S) groups is 1. The van der Waals surface area contributed by atoms with E-state index in [1.54, 1.807) is 16.7 Å². The maximum absolute atomic E-state index is 13.2. The summed E-state index contributed by atoms with van der Waals surface area (Å²) in [5, 5.41) is 5.58. The molecule has 7 heteroatoms. The summed E-state index contributed by atoms with van der Waals surface area (Å²) < 4.78 is 15.0. The molecule has 3 aromatic rings. The molecule has 5 nitrogen and oxygen atoms in total. The number of aromatic nitrogens is 1. The highest BCUT2D eigenvalue weighted by Gasteiger charge is 2.24. The third-order valence-corrected chi connectivity index (χ3v) is 4.67. The van der Waals surface area contributed by atoms with Crippen molar-refractivity contribution in [1.29, 1.82) is 0 Å². The van der Waals surface area contributed by atoms with E-state index in [9.17, 15) is 14.0 Å². The van der Waals surface area contributed by atoms with Gasteiger partial charge in [0.05, 0.1) is 11.2 Å². The summed E-state index contributed by atoms with van der Waals surface area (Å²) in [6.07, 6.45) is 3.47. The van der Waals surface area contributed by atoms with Crippen LogP contribution in [0.5, 0.6) is 0 Å². The Kier molecular flexibility index (Phi) is 4.08. The van der Waals surface area contributed by atoms with E-state index in [0.29, 0.717) is 17.0 Å². The van der Waals surface area contributed by atoms with Crippen LogP contribution in [0.3, 0.4) is 0 Å². The van der Waals surface area contributed by atoms with Crippen LogP contribution in [0, 0.1) is 12.7 Å². The fraction of sp³-hybridized carbons (Fsp3) is 0.0500. The summed E-state index contributed by atoms with van der Waals surface area (Å²) in [6.45, 7) is 1.82. The highest BCUT2D eigenvalue weighted by Crippen LogP contribution is 2.27. The summed E-state index contributed by atoms with van der Waals surface area (Å²) in [5.74, 6) is -0.943. The van der Waals surface area contributed by atoms with Gasteiger partial charge in [0.15, 0.2) is 5.11 Å². The highest BCUT2D eigenvalue weighted by molar-refractivity contribution is 7.80. The Morgan fingerprint density at radius 2 is 1.89 bits per heavy atom. The number of amides is 1. The highest BCUT2D eigenvalue weighted by atomic mass is 32.1. The van der Waals surface area contributed by atoms with Crippen molar-refractivity contribution in [3.8, 4) is 0 Å². The van der Waals surface area contributed by atoms with Gasteiger partial charge in [0.2, 0.25) is 5.78 Å². The number of fused-ring (bicyclic) bond motifs is 1. The molecule has 2 N–H and O–H groups in total. The Balaban J connectivity index is 1.90. The number of pyridine rings is 1. The monoisotopic (exact) mass is 379 g/mol. The van der Waals surface area contributed by atoms with E-state index in [4.69, 9.17) is 12.2 Å². The minimum absolute atomic E-state index is 0.224. The number of hydrogen-bond acceptors (Lipinski definition) is 3. The van der Waals surface area contributed by atoms with Gasteiger partial charge in [0.1, 0.15) is 11.5 Å². The van der Waals surface area contributed by atoms with Crippen molar-refractivity contribution >= 4 is 40.6 Å². The number of halogens is 1. The quantitative estimate of drug-likeness (QED) is 0.417. The first kappa shape index (κ1) is 17.1. The van der Waals surface area contributed by atoms with Crippen molar-refractivity contribution in [2.24, 2.45) is 0 Å². The van der Waals surface area contributed by atoms with E-state index in [0.717, 1.165) is 16.6 Å². The van der Waals surface area contributed by atoms with Gasteiger partial charge in [-0.3, -0.25) is 14.9 Å².